The highest BCUT2D eigenvalue weighted by Crippen LogP contribution is 2.15. The van der Waals surface area contributed by atoms with Gasteiger partial charge in [-0.15, -0.1) is 11.8 Å². The molecular weight excluding hydrogens is 390 g/mol. The molecule has 152 valence electrons. The summed E-state index contributed by atoms with van der Waals surface area (Å²) in [5, 5.41) is 2.54. The Kier molecular flexibility index (Phi) is 8.98. The van der Waals surface area contributed by atoms with Crippen molar-refractivity contribution in [2.45, 2.75) is 17.4 Å². The molecule has 0 spiro atoms. The van der Waals surface area contributed by atoms with Gasteiger partial charge < -0.3 is 14.8 Å². The lowest BCUT2D eigenvalue weighted by Crippen LogP contribution is -2.44. The van der Waals surface area contributed by atoms with Gasteiger partial charge in [0.1, 0.15) is 6.04 Å². The van der Waals surface area contributed by atoms with Crippen molar-refractivity contribution in [2.24, 2.45) is 0 Å². The zero-order valence-electron chi connectivity index (χ0n) is 16.3. The maximum atomic E-state index is 12.1. The highest BCUT2D eigenvalue weighted by Gasteiger charge is 2.22. The maximum absolute atomic E-state index is 12.1. The molecule has 0 saturated carbocycles. The molecule has 0 aliphatic heterocycles. The molecule has 0 saturated heterocycles. The zero-order chi connectivity index (χ0) is 21.1. The topological polar surface area (TPSA) is 81.7 Å². The third-order valence-corrected chi connectivity index (χ3v) is 4.72. The molecule has 1 atom stereocenters. The zero-order valence-corrected chi connectivity index (χ0v) is 17.1. The molecule has 0 heterocycles. The van der Waals surface area contributed by atoms with E-state index in [1.807, 2.05) is 60.9 Å². The average Bonchev–Trinajstić information content (AvgIpc) is 2.76. The quantitative estimate of drug-likeness (QED) is 0.387. The van der Waals surface area contributed by atoms with Crippen LogP contribution in [0.3, 0.4) is 0 Å². The molecule has 1 N–H and O–H groups in total. The van der Waals surface area contributed by atoms with Crippen LogP contribution in [0.15, 0.2) is 65.6 Å². The fourth-order valence-electron chi connectivity index (χ4n) is 2.49. The van der Waals surface area contributed by atoms with Gasteiger partial charge in [0.15, 0.2) is 6.61 Å². The number of nitrogens with one attached hydrogen (secondary N) is 1. The number of benzene rings is 2. The van der Waals surface area contributed by atoms with Crippen molar-refractivity contribution < 1.29 is 23.9 Å². The van der Waals surface area contributed by atoms with Gasteiger partial charge in [0.05, 0.1) is 7.11 Å². The molecule has 1 amide bonds. The number of esters is 2. The first-order valence-electron chi connectivity index (χ1n) is 8.92. The van der Waals surface area contributed by atoms with Crippen LogP contribution in [0, 0.1) is 0 Å². The molecule has 6 nitrogen and oxygen atoms in total. The summed E-state index contributed by atoms with van der Waals surface area (Å²) in [4.78, 5) is 37.0. The largest absolute Gasteiger partial charge is 0.467 e. The summed E-state index contributed by atoms with van der Waals surface area (Å²) in [6, 6.07) is 16.0. The molecular formula is C22H23NO5S. The Morgan fingerprint density at radius 3 is 2.38 bits per heavy atom. The van der Waals surface area contributed by atoms with Gasteiger partial charge in [-0.1, -0.05) is 42.5 Å². The van der Waals surface area contributed by atoms with E-state index in [-0.39, 0.29) is 6.42 Å². The van der Waals surface area contributed by atoms with Gasteiger partial charge in [-0.25, -0.2) is 9.59 Å². The Morgan fingerprint density at radius 1 is 1.07 bits per heavy atom. The predicted molar refractivity (Wildman–Crippen MR) is 112 cm³/mol. The molecule has 0 unspecified atom stereocenters. The minimum absolute atomic E-state index is 0.277. The molecule has 2 aromatic carbocycles. The molecule has 2 aromatic rings. The second-order valence-electron chi connectivity index (χ2n) is 6.05. The fourth-order valence-corrected chi connectivity index (χ4v) is 2.89. The van der Waals surface area contributed by atoms with E-state index in [1.54, 1.807) is 17.8 Å². The molecule has 0 radical (unpaired) electrons. The lowest BCUT2D eigenvalue weighted by molar-refractivity contribution is -0.147. The van der Waals surface area contributed by atoms with Gasteiger partial charge >= 0.3 is 11.9 Å². The summed E-state index contributed by atoms with van der Waals surface area (Å²) in [6.07, 6.45) is 5.12. The van der Waals surface area contributed by atoms with E-state index in [0.29, 0.717) is 0 Å². The minimum atomic E-state index is -0.862. The highest BCUT2D eigenvalue weighted by atomic mass is 32.2. The molecule has 7 heteroatoms. The first-order valence-corrected chi connectivity index (χ1v) is 10.1. The van der Waals surface area contributed by atoms with Crippen LogP contribution in [-0.2, 0) is 30.3 Å². The average molecular weight is 413 g/mol. The number of rotatable bonds is 9. The summed E-state index contributed by atoms with van der Waals surface area (Å²) in [5.41, 5.74) is 1.72. The van der Waals surface area contributed by atoms with Crippen LogP contribution >= 0.6 is 11.8 Å². The molecule has 0 bridgehead atoms. The van der Waals surface area contributed by atoms with E-state index in [2.05, 4.69) is 5.32 Å². The van der Waals surface area contributed by atoms with Gasteiger partial charge in [-0.05, 0) is 35.6 Å². The smallest absolute Gasteiger partial charge is 0.331 e. The third kappa shape index (κ3) is 7.83. The van der Waals surface area contributed by atoms with Crippen molar-refractivity contribution in [1.29, 1.82) is 0 Å². The lowest BCUT2D eigenvalue weighted by atomic mass is 10.1. The first-order chi connectivity index (χ1) is 14.0. The van der Waals surface area contributed by atoms with Crippen LogP contribution in [-0.4, -0.2) is 43.9 Å². The Bertz CT molecular complexity index is 849. The molecule has 0 aliphatic carbocycles. The highest BCUT2D eigenvalue weighted by molar-refractivity contribution is 7.98. The normalized spacial score (nSPS) is 11.7. The van der Waals surface area contributed by atoms with Crippen LogP contribution < -0.4 is 5.32 Å². The number of methoxy groups -OCH3 is 1. The summed E-state index contributed by atoms with van der Waals surface area (Å²) < 4.78 is 9.68. The van der Waals surface area contributed by atoms with Crippen LogP contribution in [0.4, 0.5) is 0 Å². The van der Waals surface area contributed by atoms with Crippen molar-refractivity contribution >= 4 is 35.7 Å². The van der Waals surface area contributed by atoms with Crippen molar-refractivity contribution in [2.75, 3.05) is 20.0 Å². The van der Waals surface area contributed by atoms with Crippen LogP contribution in [0.5, 0.6) is 0 Å². The number of amides is 1. The summed E-state index contributed by atoms with van der Waals surface area (Å²) >= 11 is 1.63. The Hall–Kier alpha value is -3.06. The minimum Gasteiger partial charge on any atom is -0.467 e. The van der Waals surface area contributed by atoms with E-state index in [1.165, 1.54) is 13.2 Å². The van der Waals surface area contributed by atoms with Crippen molar-refractivity contribution in [3.63, 3.8) is 0 Å². The summed E-state index contributed by atoms with van der Waals surface area (Å²) in [7, 11) is 1.25. The van der Waals surface area contributed by atoms with Crippen molar-refractivity contribution in [3.05, 3.63) is 71.8 Å². The number of hydrogen-bond donors (Lipinski definition) is 1. The van der Waals surface area contributed by atoms with Crippen LogP contribution in [0.1, 0.15) is 11.1 Å². The molecule has 0 aromatic heterocycles. The van der Waals surface area contributed by atoms with E-state index in [4.69, 9.17) is 9.47 Å². The van der Waals surface area contributed by atoms with E-state index in [0.717, 1.165) is 16.0 Å². The van der Waals surface area contributed by atoms with E-state index < -0.39 is 30.5 Å². The van der Waals surface area contributed by atoms with E-state index >= 15 is 0 Å². The lowest BCUT2D eigenvalue weighted by Gasteiger charge is -2.16. The van der Waals surface area contributed by atoms with Crippen molar-refractivity contribution in [1.82, 2.24) is 5.32 Å². The first kappa shape index (κ1) is 22.2. The van der Waals surface area contributed by atoms with Crippen molar-refractivity contribution in [3.8, 4) is 0 Å². The van der Waals surface area contributed by atoms with E-state index in [9.17, 15) is 14.4 Å². The van der Waals surface area contributed by atoms with Crippen LogP contribution in [0.25, 0.3) is 6.08 Å². The van der Waals surface area contributed by atoms with Gasteiger partial charge in [-0.3, -0.25) is 4.79 Å². The molecule has 29 heavy (non-hydrogen) atoms. The molecule has 2 rings (SSSR count). The third-order valence-electron chi connectivity index (χ3n) is 3.98. The Balaban J connectivity index is 1.84. The number of carbonyl (C=O) groups excluding carboxylic acids is 3. The van der Waals surface area contributed by atoms with Gasteiger partial charge in [0.25, 0.3) is 5.91 Å². The monoisotopic (exact) mass is 413 g/mol. The number of hydrogen-bond acceptors (Lipinski definition) is 6. The SMILES string of the molecule is COC(=O)[C@@H](Cc1ccccc1)NC(=O)COC(=O)/C=C/c1ccc(SC)cc1. The summed E-state index contributed by atoms with van der Waals surface area (Å²) in [5.74, 6) is -1.80. The fraction of sp³-hybridized carbons (Fsp3) is 0.227. The summed E-state index contributed by atoms with van der Waals surface area (Å²) in [6.45, 7) is -0.489. The van der Waals surface area contributed by atoms with Gasteiger partial charge in [-0.2, -0.15) is 0 Å². The van der Waals surface area contributed by atoms with Gasteiger partial charge in [0, 0.05) is 17.4 Å². The number of carbonyl (C=O) groups is 3. The molecule has 0 aliphatic rings. The molecule has 0 fully saturated rings. The van der Waals surface area contributed by atoms with Gasteiger partial charge in [0.2, 0.25) is 0 Å². The second-order valence-corrected chi connectivity index (χ2v) is 6.93. The number of thioether (sulfide) groups is 1. The standard InChI is InChI=1S/C22H23NO5S/c1-27-22(26)19(14-17-6-4-3-5-7-17)23-20(24)15-28-21(25)13-10-16-8-11-18(29-2)12-9-16/h3-13,19H,14-15H2,1-2H3,(H,23,24)/b13-10+/t19-/m1/s1. The second kappa shape index (κ2) is 11.7. The Morgan fingerprint density at radius 2 is 1.76 bits per heavy atom. The number of ether oxygens (including phenoxy) is 2. The van der Waals surface area contributed by atoms with Crippen LogP contribution in [0.2, 0.25) is 0 Å². The Labute approximate surface area is 174 Å². The predicted octanol–water partition coefficient (Wildman–Crippen LogP) is 2.87. The maximum Gasteiger partial charge on any atom is 0.331 e.